The largest absolute Gasteiger partial charge is 0.368 e. The molecule has 1 aliphatic rings. The van der Waals surface area contributed by atoms with Gasteiger partial charge in [0.1, 0.15) is 0 Å². The quantitative estimate of drug-likeness (QED) is 0.586. The number of hydrogen-bond acceptors (Lipinski definition) is 6. The third-order valence-corrected chi connectivity index (χ3v) is 2.26. The molecule has 1 unspecified atom stereocenters. The lowest BCUT2D eigenvalue weighted by atomic mass is 10.1. The van der Waals surface area contributed by atoms with Crippen molar-refractivity contribution in [1.82, 2.24) is 15.0 Å². The molecular weight excluding hydrogens is 208 g/mol. The summed E-state index contributed by atoms with van der Waals surface area (Å²) in [7, 11) is 0. The Morgan fingerprint density at radius 2 is 1.94 bits per heavy atom. The molecule has 2 rings (SSSR count). The standard InChI is InChI=1S/C9H10N6O/c1-2-5-3-6(16)15(4-5)9-13-7(10)12-8(11)14-9/h1,5H,3-4H2,(H4,10,11,12,13,14). The van der Waals surface area contributed by atoms with Crippen LogP contribution in [0.4, 0.5) is 17.8 Å². The van der Waals surface area contributed by atoms with Crippen LogP contribution in [0.2, 0.25) is 0 Å². The molecular formula is C9H10N6O. The van der Waals surface area contributed by atoms with Crippen LogP contribution in [0, 0.1) is 18.3 Å². The minimum Gasteiger partial charge on any atom is -0.368 e. The fraction of sp³-hybridized carbons (Fsp3) is 0.333. The second-order valence-electron chi connectivity index (χ2n) is 3.42. The number of rotatable bonds is 1. The van der Waals surface area contributed by atoms with Crippen molar-refractivity contribution in [2.75, 3.05) is 22.9 Å². The first-order chi connectivity index (χ1) is 7.60. The van der Waals surface area contributed by atoms with Crippen molar-refractivity contribution in [2.24, 2.45) is 5.92 Å². The predicted molar refractivity (Wildman–Crippen MR) is 57.9 cm³/mol. The number of carbonyl (C=O) groups excluding carboxylic acids is 1. The maximum Gasteiger partial charge on any atom is 0.238 e. The molecule has 7 nitrogen and oxygen atoms in total. The Bertz CT molecular complexity index is 459. The van der Waals surface area contributed by atoms with Crippen LogP contribution in [0.1, 0.15) is 6.42 Å². The molecule has 1 aromatic rings. The average molecular weight is 218 g/mol. The number of nitrogens with two attached hydrogens (primary N) is 2. The van der Waals surface area contributed by atoms with Gasteiger partial charge in [-0.05, 0) is 0 Å². The van der Waals surface area contributed by atoms with Gasteiger partial charge >= 0.3 is 0 Å². The summed E-state index contributed by atoms with van der Waals surface area (Å²) in [6.07, 6.45) is 5.56. The molecule has 1 fully saturated rings. The molecule has 0 bridgehead atoms. The Kier molecular flexibility index (Phi) is 2.32. The maximum atomic E-state index is 11.6. The van der Waals surface area contributed by atoms with Crippen LogP contribution in [0.5, 0.6) is 0 Å². The summed E-state index contributed by atoms with van der Waals surface area (Å²) in [6.45, 7) is 0.387. The SMILES string of the molecule is C#CC1CC(=O)N(c2nc(N)nc(N)n2)C1. The molecule has 1 aromatic heterocycles. The second-order valence-corrected chi connectivity index (χ2v) is 3.42. The van der Waals surface area contributed by atoms with Crippen LogP contribution < -0.4 is 16.4 Å². The topological polar surface area (TPSA) is 111 Å². The summed E-state index contributed by atoms with van der Waals surface area (Å²) in [4.78, 5) is 24.3. The number of amides is 1. The van der Waals surface area contributed by atoms with Gasteiger partial charge in [0, 0.05) is 18.9 Å². The van der Waals surface area contributed by atoms with E-state index < -0.39 is 0 Å². The van der Waals surface area contributed by atoms with Crippen molar-refractivity contribution in [3.8, 4) is 12.3 Å². The molecule has 1 atom stereocenters. The van der Waals surface area contributed by atoms with Gasteiger partial charge in [-0.15, -0.1) is 12.3 Å². The minimum absolute atomic E-state index is 0.0144. The Hall–Kier alpha value is -2.36. The molecule has 0 spiro atoms. The summed E-state index contributed by atoms with van der Waals surface area (Å²) in [5, 5.41) is 0. The van der Waals surface area contributed by atoms with E-state index in [4.69, 9.17) is 17.9 Å². The molecule has 0 aliphatic carbocycles. The van der Waals surface area contributed by atoms with Crippen LogP contribution in [0.15, 0.2) is 0 Å². The van der Waals surface area contributed by atoms with E-state index in [1.807, 2.05) is 0 Å². The number of nitrogen functional groups attached to an aromatic ring is 2. The molecule has 4 N–H and O–H groups in total. The van der Waals surface area contributed by atoms with Crippen molar-refractivity contribution < 1.29 is 4.79 Å². The van der Waals surface area contributed by atoms with E-state index in [9.17, 15) is 4.79 Å². The molecule has 0 aromatic carbocycles. The number of nitrogens with zero attached hydrogens (tertiary/aromatic N) is 4. The highest BCUT2D eigenvalue weighted by Gasteiger charge is 2.31. The summed E-state index contributed by atoms with van der Waals surface area (Å²) >= 11 is 0. The molecule has 2 heterocycles. The van der Waals surface area contributed by atoms with Gasteiger partial charge in [0.2, 0.25) is 23.8 Å². The Morgan fingerprint density at radius 3 is 2.44 bits per heavy atom. The lowest BCUT2D eigenvalue weighted by molar-refractivity contribution is -0.117. The monoisotopic (exact) mass is 218 g/mol. The number of carbonyl (C=O) groups is 1. The van der Waals surface area contributed by atoms with Gasteiger partial charge in [-0.25, -0.2) is 0 Å². The molecule has 16 heavy (non-hydrogen) atoms. The van der Waals surface area contributed by atoms with Crippen LogP contribution in [-0.2, 0) is 4.79 Å². The van der Waals surface area contributed by atoms with Crippen molar-refractivity contribution >= 4 is 23.8 Å². The molecule has 82 valence electrons. The summed E-state index contributed by atoms with van der Waals surface area (Å²) in [6, 6.07) is 0. The summed E-state index contributed by atoms with van der Waals surface area (Å²) < 4.78 is 0. The van der Waals surface area contributed by atoms with Crippen molar-refractivity contribution in [2.45, 2.75) is 6.42 Å². The highest BCUT2D eigenvalue weighted by molar-refractivity contribution is 5.94. The predicted octanol–water partition coefficient (Wildman–Crippen LogP) is -0.978. The molecule has 0 radical (unpaired) electrons. The van der Waals surface area contributed by atoms with Gasteiger partial charge in [0.05, 0.1) is 0 Å². The van der Waals surface area contributed by atoms with E-state index in [0.717, 1.165) is 0 Å². The van der Waals surface area contributed by atoms with Gasteiger partial charge in [-0.3, -0.25) is 9.69 Å². The molecule has 0 saturated carbocycles. The fourth-order valence-electron chi connectivity index (χ4n) is 1.53. The number of aromatic nitrogens is 3. The van der Waals surface area contributed by atoms with Crippen LogP contribution in [-0.4, -0.2) is 27.4 Å². The Morgan fingerprint density at radius 1 is 1.31 bits per heavy atom. The van der Waals surface area contributed by atoms with E-state index in [2.05, 4.69) is 20.9 Å². The lowest BCUT2D eigenvalue weighted by Gasteiger charge is -2.13. The number of terminal acetylenes is 1. The Labute approximate surface area is 91.9 Å². The summed E-state index contributed by atoms with van der Waals surface area (Å²) in [5.74, 6) is 2.41. The van der Waals surface area contributed by atoms with Gasteiger partial charge < -0.3 is 11.5 Å². The molecule has 1 saturated heterocycles. The highest BCUT2D eigenvalue weighted by atomic mass is 16.2. The fourth-order valence-corrected chi connectivity index (χ4v) is 1.53. The number of hydrogen-bond donors (Lipinski definition) is 2. The van der Waals surface area contributed by atoms with E-state index in [0.29, 0.717) is 13.0 Å². The molecule has 7 heteroatoms. The van der Waals surface area contributed by atoms with Gasteiger partial charge in [-0.2, -0.15) is 15.0 Å². The zero-order valence-electron chi connectivity index (χ0n) is 8.42. The van der Waals surface area contributed by atoms with Gasteiger partial charge in [0.15, 0.2) is 0 Å². The lowest BCUT2D eigenvalue weighted by Crippen LogP contribution is -2.27. The Balaban J connectivity index is 2.32. The second kappa shape index (κ2) is 3.66. The van der Waals surface area contributed by atoms with E-state index in [1.54, 1.807) is 0 Å². The van der Waals surface area contributed by atoms with Gasteiger partial charge in [0.25, 0.3) is 0 Å². The van der Waals surface area contributed by atoms with Gasteiger partial charge in [-0.1, -0.05) is 0 Å². The summed E-state index contributed by atoms with van der Waals surface area (Å²) in [5.41, 5.74) is 10.8. The van der Waals surface area contributed by atoms with Crippen LogP contribution >= 0.6 is 0 Å². The van der Waals surface area contributed by atoms with Crippen molar-refractivity contribution in [3.05, 3.63) is 0 Å². The minimum atomic E-state index is -0.132. The molecule has 1 amide bonds. The zero-order valence-corrected chi connectivity index (χ0v) is 8.42. The first kappa shape index (κ1) is 10.2. The van der Waals surface area contributed by atoms with E-state index in [1.165, 1.54) is 4.90 Å². The number of anilines is 3. The third-order valence-electron chi connectivity index (χ3n) is 2.26. The normalized spacial score (nSPS) is 19.8. The van der Waals surface area contributed by atoms with Crippen molar-refractivity contribution in [3.63, 3.8) is 0 Å². The third kappa shape index (κ3) is 1.72. The van der Waals surface area contributed by atoms with E-state index >= 15 is 0 Å². The van der Waals surface area contributed by atoms with E-state index in [-0.39, 0.29) is 29.7 Å². The zero-order chi connectivity index (χ0) is 11.7. The first-order valence-electron chi connectivity index (χ1n) is 4.63. The highest BCUT2D eigenvalue weighted by Crippen LogP contribution is 2.22. The maximum absolute atomic E-state index is 11.6. The molecule has 1 aliphatic heterocycles. The first-order valence-corrected chi connectivity index (χ1v) is 4.63. The van der Waals surface area contributed by atoms with Crippen LogP contribution in [0.25, 0.3) is 0 Å². The van der Waals surface area contributed by atoms with Crippen LogP contribution in [0.3, 0.4) is 0 Å². The van der Waals surface area contributed by atoms with Crippen molar-refractivity contribution in [1.29, 1.82) is 0 Å². The average Bonchev–Trinajstić information content (AvgIpc) is 2.58. The smallest absolute Gasteiger partial charge is 0.238 e.